The summed E-state index contributed by atoms with van der Waals surface area (Å²) < 4.78 is 66.3. The van der Waals surface area contributed by atoms with Gasteiger partial charge in [-0.3, -0.25) is 4.18 Å². The van der Waals surface area contributed by atoms with Crippen LogP contribution in [0.4, 0.5) is 8.78 Å². The topological polar surface area (TPSA) is 87.6 Å². The Kier molecular flexibility index (Phi) is 5.98. The molecule has 0 saturated carbocycles. The molecule has 10 heteroatoms. The minimum Gasteiger partial charge on any atom is -0.490 e. The number of rotatable bonds is 6. The molecule has 0 aliphatic carbocycles. The van der Waals surface area contributed by atoms with Gasteiger partial charge in [-0.2, -0.15) is 13.5 Å². The molecule has 1 aromatic carbocycles. The Hall–Kier alpha value is -2.17. The highest BCUT2D eigenvalue weighted by Gasteiger charge is 2.19. The van der Waals surface area contributed by atoms with Gasteiger partial charge >= 0.3 is 0 Å². The lowest BCUT2D eigenvalue weighted by Crippen LogP contribution is -2.26. The molecule has 0 bridgehead atoms. The molecule has 2 heterocycles. The summed E-state index contributed by atoms with van der Waals surface area (Å²) in [6.07, 6.45) is 2.09. The quantitative estimate of drug-likeness (QED) is 0.688. The van der Waals surface area contributed by atoms with Gasteiger partial charge in [-0.15, -0.1) is 5.10 Å². The summed E-state index contributed by atoms with van der Waals surface area (Å²) in [6, 6.07) is 4.94. The molecular weight excluding hydrogens is 382 g/mol. The fourth-order valence-electron chi connectivity index (χ4n) is 2.59. The van der Waals surface area contributed by atoms with Crippen molar-refractivity contribution in [3.05, 3.63) is 41.6 Å². The van der Waals surface area contributed by atoms with Crippen LogP contribution in [0, 0.1) is 11.6 Å². The normalized spacial score (nSPS) is 15.7. The molecule has 0 atom stereocenters. The predicted molar refractivity (Wildman–Crippen MR) is 91.5 cm³/mol. The number of hydrogen-bond donors (Lipinski definition) is 0. The zero-order valence-corrected chi connectivity index (χ0v) is 15.3. The highest BCUT2D eigenvalue weighted by atomic mass is 32.2. The van der Waals surface area contributed by atoms with Gasteiger partial charge in [0.1, 0.15) is 30.1 Å². The Morgan fingerprint density at radius 1 is 1.15 bits per heavy atom. The van der Waals surface area contributed by atoms with Crippen LogP contribution < -0.4 is 4.74 Å². The Balaban J connectivity index is 1.76. The van der Waals surface area contributed by atoms with Gasteiger partial charge in [-0.1, -0.05) is 0 Å². The molecule has 2 aromatic rings. The first kappa shape index (κ1) is 19.6. The average molecular weight is 400 g/mol. The molecule has 1 aliphatic heterocycles. The van der Waals surface area contributed by atoms with Crippen molar-refractivity contribution in [2.75, 3.05) is 19.5 Å². The van der Waals surface area contributed by atoms with E-state index in [0.29, 0.717) is 26.1 Å². The van der Waals surface area contributed by atoms with Crippen LogP contribution in [0.15, 0.2) is 24.3 Å². The molecule has 7 nitrogen and oxygen atoms in total. The maximum Gasteiger partial charge on any atom is 0.264 e. The van der Waals surface area contributed by atoms with Crippen molar-refractivity contribution < 1.29 is 30.9 Å². The van der Waals surface area contributed by atoms with E-state index in [0.717, 1.165) is 18.4 Å². The fraction of sp³-hybridized carbons (Fsp3) is 0.412. The average Bonchev–Trinajstić information content (AvgIpc) is 2.61. The molecule has 1 aromatic heterocycles. The summed E-state index contributed by atoms with van der Waals surface area (Å²) in [5, 5.41) is 7.49. The molecule has 0 spiro atoms. The van der Waals surface area contributed by atoms with Crippen LogP contribution in [0.1, 0.15) is 18.5 Å². The van der Waals surface area contributed by atoms with E-state index >= 15 is 0 Å². The summed E-state index contributed by atoms with van der Waals surface area (Å²) in [4.78, 5) is 0. The first-order chi connectivity index (χ1) is 12.8. The second-order valence-electron chi connectivity index (χ2n) is 6.07. The van der Waals surface area contributed by atoms with Crippen molar-refractivity contribution in [3.63, 3.8) is 0 Å². The lowest BCUT2D eigenvalue weighted by molar-refractivity contribution is 0.0253. The summed E-state index contributed by atoms with van der Waals surface area (Å²) in [6.45, 7) is 0.798. The number of nitrogens with zero attached hydrogens (tertiary/aromatic N) is 2. The van der Waals surface area contributed by atoms with E-state index in [1.54, 1.807) is 0 Å². The van der Waals surface area contributed by atoms with Crippen molar-refractivity contribution in [2.24, 2.45) is 0 Å². The second kappa shape index (κ2) is 8.24. The first-order valence-corrected chi connectivity index (χ1v) is 10.0. The molecule has 3 rings (SSSR count). The van der Waals surface area contributed by atoms with Crippen molar-refractivity contribution in [3.8, 4) is 17.0 Å². The van der Waals surface area contributed by atoms with Gasteiger partial charge in [0.05, 0.1) is 36.4 Å². The van der Waals surface area contributed by atoms with E-state index in [-0.39, 0.29) is 35.4 Å². The molecule has 1 fully saturated rings. The van der Waals surface area contributed by atoms with Crippen molar-refractivity contribution in [1.29, 1.82) is 0 Å². The van der Waals surface area contributed by atoms with Gasteiger partial charge in [0, 0.05) is 25.0 Å². The van der Waals surface area contributed by atoms with E-state index in [2.05, 4.69) is 14.4 Å². The highest BCUT2D eigenvalue weighted by molar-refractivity contribution is 7.85. The van der Waals surface area contributed by atoms with E-state index in [4.69, 9.17) is 9.47 Å². The zero-order chi connectivity index (χ0) is 19.4. The number of benzene rings is 1. The van der Waals surface area contributed by atoms with Crippen LogP contribution in [0.5, 0.6) is 5.75 Å². The van der Waals surface area contributed by atoms with Crippen molar-refractivity contribution >= 4 is 10.1 Å². The van der Waals surface area contributed by atoms with Gasteiger partial charge in [0.15, 0.2) is 0 Å². The molecule has 1 saturated heterocycles. The predicted octanol–water partition coefficient (Wildman–Crippen LogP) is 2.46. The summed E-state index contributed by atoms with van der Waals surface area (Å²) in [5.74, 6) is -1.55. The van der Waals surface area contributed by atoms with Gasteiger partial charge < -0.3 is 9.47 Å². The Labute approximate surface area is 155 Å². The van der Waals surface area contributed by atoms with Gasteiger partial charge in [-0.05, 0) is 12.1 Å². The van der Waals surface area contributed by atoms with Crippen LogP contribution in [0.25, 0.3) is 11.3 Å². The number of halogens is 2. The maximum atomic E-state index is 14.4. The van der Waals surface area contributed by atoms with Crippen molar-refractivity contribution in [2.45, 2.75) is 25.6 Å². The van der Waals surface area contributed by atoms with Crippen LogP contribution >= 0.6 is 0 Å². The monoisotopic (exact) mass is 400 g/mol. The Morgan fingerprint density at radius 3 is 2.37 bits per heavy atom. The van der Waals surface area contributed by atoms with Crippen LogP contribution in [0.2, 0.25) is 0 Å². The standard InChI is InChI=1S/C17H18F2N2O5S/c1-27(22,23)25-10-11-2-3-16(21-20-11)17-14(18)8-13(9-15(17)19)26-12-4-6-24-7-5-12/h2-3,8-9,12H,4-7,10H2,1H3. The second-order valence-corrected chi connectivity index (χ2v) is 7.71. The molecule has 27 heavy (non-hydrogen) atoms. The first-order valence-electron chi connectivity index (χ1n) is 8.22. The van der Waals surface area contributed by atoms with Crippen molar-refractivity contribution in [1.82, 2.24) is 10.2 Å². The molecule has 0 radical (unpaired) electrons. The SMILES string of the molecule is CS(=O)(=O)OCc1ccc(-c2c(F)cc(OC3CCOCC3)cc2F)nn1. The van der Waals surface area contributed by atoms with E-state index < -0.39 is 21.8 Å². The molecular formula is C17H18F2N2O5S. The van der Waals surface area contributed by atoms with Gasteiger partial charge in [0.2, 0.25) is 0 Å². The van der Waals surface area contributed by atoms with E-state index in [1.807, 2.05) is 0 Å². The lowest BCUT2D eigenvalue weighted by atomic mass is 10.1. The van der Waals surface area contributed by atoms with E-state index in [9.17, 15) is 17.2 Å². The fourth-order valence-corrected chi connectivity index (χ4v) is 2.92. The van der Waals surface area contributed by atoms with Gasteiger partial charge in [-0.25, -0.2) is 8.78 Å². The summed E-state index contributed by atoms with van der Waals surface area (Å²) >= 11 is 0. The smallest absolute Gasteiger partial charge is 0.264 e. The third-order valence-electron chi connectivity index (χ3n) is 3.88. The van der Waals surface area contributed by atoms with Crippen LogP contribution in [0.3, 0.4) is 0 Å². The van der Waals surface area contributed by atoms with Crippen LogP contribution in [-0.2, 0) is 25.6 Å². The number of hydrogen-bond acceptors (Lipinski definition) is 7. The maximum absolute atomic E-state index is 14.4. The third kappa shape index (κ3) is 5.41. The highest BCUT2D eigenvalue weighted by Crippen LogP contribution is 2.29. The number of ether oxygens (including phenoxy) is 2. The minimum absolute atomic E-state index is 0.0225. The number of aromatic nitrogens is 2. The molecule has 0 unspecified atom stereocenters. The zero-order valence-electron chi connectivity index (χ0n) is 14.5. The van der Waals surface area contributed by atoms with E-state index in [1.165, 1.54) is 12.1 Å². The third-order valence-corrected chi connectivity index (χ3v) is 4.43. The van der Waals surface area contributed by atoms with Gasteiger partial charge in [0.25, 0.3) is 10.1 Å². The largest absolute Gasteiger partial charge is 0.490 e. The molecule has 0 amide bonds. The summed E-state index contributed by atoms with van der Waals surface area (Å²) in [7, 11) is -3.62. The minimum atomic E-state index is -3.62. The molecule has 1 aliphatic rings. The summed E-state index contributed by atoms with van der Waals surface area (Å²) in [5.41, 5.74) is -0.146. The Bertz CT molecular complexity index is 877. The Morgan fingerprint density at radius 2 is 1.81 bits per heavy atom. The lowest BCUT2D eigenvalue weighted by Gasteiger charge is -2.23. The molecule has 0 N–H and O–H groups in total. The molecule has 146 valence electrons. The van der Waals surface area contributed by atoms with Crippen LogP contribution in [-0.4, -0.2) is 44.2 Å².